The Hall–Kier alpha value is -0.120. The quantitative estimate of drug-likeness (QED) is 0.618. The summed E-state index contributed by atoms with van der Waals surface area (Å²) in [6.07, 6.45) is 4.93. The van der Waals surface area contributed by atoms with E-state index in [1.807, 2.05) is 0 Å². The van der Waals surface area contributed by atoms with E-state index in [1.54, 1.807) is 0 Å². The first-order chi connectivity index (χ1) is 6.09. The van der Waals surface area contributed by atoms with Gasteiger partial charge in [0.15, 0.2) is 0 Å². The summed E-state index contributed by atoms with van der Waals surface area (Å²) >= 11 is 0. The smallest absolute Gasteiger partial charge is 0.0813 e. The zero-order valence-electron chi connectivity index (χ0n) is 8.33. The molecule has 1 aliphatic heterocycles. The molecule has 0 radical (unpaired) electrons. The fourth-order valence-electron chi connectivity index (χ4n) is 2.53. The highest BCUT2D eigenvalue weighted by atomic mass is 16.6. The summed E-state index contributed by atoms with van der Waals surface area (Å²) in [6.45, 7) is 3.05. The van der Waals surface area contributed by atoms with Gasteiger partial charge in [-0.1, -0.05) is 6.42 Å². The van der Waals surface area contributed by atoms with Crippen molar-refractivity contribution in [3.05, 3.63) is 0 Å². The van der Waals surface area contributed by atoms with Crippen molar-refractivity contribution in [2.24, 2.45) is 17.4 Å². The molecule has 0 aromatic rings. The van der Waals surface area contributed by atoms with Crippen LogP contribution in [-0.2, 0) is 4.74 Å². The van der Waals surface area contributed by atoms with Gasteiger partial charge in [-0.05, 0) is 32.1 Å². The molecule has 2 fully saturated rings. The minimum Gasteiger partial charge on any atom is -0.373 e. The highest BCUT2D eigenvalue weighted by Gasteiger charge is 2.41. The number of rotatable bonds is 2. The van der Waals surface area contributed by atoms with Crippen molar-refractivity contribution in [3.8, 4) is 0 Å². The maximum absolute atomic E-state index is 6.25. The lowest BCUT2D eigenvalue weighted by Gasteiger charge is -2.42. The van der Waals surface area contributed by atoms with Crippen LogP contribution in [0.4, 0.5) is 0 Å². The van der Waals surface area contributed by atoms with Crippen molar-refractivity contribution in [1.29, 1.82) is 0 Å². The molecule has 4 atom stereocenters. The monoisotopic (exact) mass is 184 g/mol. The summed E-state index contributed by atoms with van der Waals surface area (Å²) in [5.74, 6) is 0.453. The number of ether oxygens (including phenoxy) is 1. The normalized spacial score (nSPS) is 50.5. The fourth-order valence-corrected chi connectivity index (χ4v) is 2.53. The summed E-state index contributed by atoms with van der Waals surface area (Å²) in [4.78, 5) is 0. The zero-order valence-corrected chi connectivity index (χ0v) is 8.33. The Morgan fingerprint density at radius 2 is 2.23 bits per heavy atom. The van der Waals surface area contributed by atoms with Gasteiger partial charge in [-0.3, -0.25) is 0 Å². The Morgan fingerprint density at radius 3 is 2.77 bits per heavy atom. The number of hydrogen-bond acceptors (Lipinski definition) is 3. The van der Waals surface area contributed by atoms with Crippen molar-refractivity contribution >= 4 is 0 Å². The first-order valence-corrected chi connectivity index (χ1v) is 5.25. The van der Waals surface area contributed by atoms with Crippen molar-refractivity contribution in [3.63, 3.8) is 0 Å². The van der Waals surface area contributed by atoms with E-state index in [-0.39, 0.29) is 11.6 Å². The molecule has 13 heavy (non-hydrogen) atoms. The van der Waals surface area contributed by atoms with Gasteiger partial charge in [-0.25, -0.2) is 0 Å². The Kier molecular flexibility index (Phi) is 2.34. The molecule has 76 valence electrons. The lowest BCUT2D eigenvalue weighted by Crippen LogP contribution is -2.55. The minimum absolute atomic E-state index is 0.0659. The molecular formula is C10H20N2O. The van der Waals surface area contributed by atoms with Crippen LogP contribution in [0.3, 0.4) is 0 Å². The van der Waals surface area contributed by atoms with E-state index in [2.05, 4.69) is 6.92 Å². The molecule has 1 saturated heterocycles. The van der Waals surface area contributed by atoms with Gasteiger partial charge in [0.25, 0.3) is 0 Å². The van der Waals surface area contributed by atoms with Gasteiger partial charge < -0.3 is 16.2 Å². The van der Waals surface area contributed by atoms with Crippen molar-refractivity contribution in [2.45, 2.75) is 50.3 Å². The first-order valence-electron chi connectivity index (χ1n) is 5.25. The van der Waals surface area contributed by atoms with Crippen LogP contribution < -0.4 is 11.5 Å². The standard InChI is InChI=1S/C10H20N2O/c1-10(12)4-2-3-9(11)8(10)5-7-6-13-7/h7-9H,2-6,11-12H2,1H3. The SMILES string of the molecule is CC1(N)CCCC(N)C1CC1CO1. The highest BCUT2D eigenvalue weighted by molar-refractivity contribution is 4.98. The van der Waals surface area contributed by atoms with Crippen LogP contribution in [-0.4, -0.2) is 24.3 Å². The first kappa shape index (κ1) is 9.44. The summed E-state index contributed by atoms with van der Waals surface area (Å²) in [5.41, 5.74) is 12.3. The molecule has 2 rings (SSSR count). The van der Waals surface area contributed by atoms with Crippen LogP contribution in [0, 0.1) is 5.92 Å². The Balaban J connectivity index is 1.99. The molecule has 0 aromatic carbocycles. The molecule has 0 bridgehead atoms. The maximum Gasteiger partial charge on any atom is 0.0813 e. The Labute approximate surface area is 79.8 Å². The molecule has 2 aliphatic rings. The van der Waals surface area contributed by atoms with Crippen molar-refractivity contribution in [1.82, 2.24) is 0 Å². The maximum atomic E-state index is 6.25. The summed E-state index contributed by atoms with van der Waals surface area (Å²) in [5, 5.41) is 0. The average molecular weight is 184 g/mol. The second-order valence-electron chi connectivity index (χ2n) is 4.86. The molecule has 1 saturated carbocycles. The van der Waals surface area contributed by atoms with Gasteiger partial charge in [0, 0.05) is 11.6 Å². The van der Waals surface area contributed by atoms with Gasteiger partial charge in [-0.2, -0.15) is 0 Å². The molecule has 4 unspecified atom stereocenters. The number of epoxide rings is 1. The topological polar surface area (TPSA) is 64.6 Å². The summed E-state index contributed by atoms with van der Waals surface area (Å²) in [7, 11) is 0. The van der Waals surface area contributed by atoms with E-state index in [0.717, 1.165) is 25.9 Å². The predicted molar refractivity (Wildman–Crippen MR) is 52.3 cm³/mol. The molecular weight excluding hydrogens is 164 g/mol. The van der Waals surface area contributed by atoms with E-state index in [1.165, 1.54) is 6.42 Å². The molecule has 4 N–H and O–H groups in total. The van der Waals surface area contributed by atoms with Crippen LogP contribution >= 0.6 is 0 Å². The largest absolute Gasteiger partial charge is 0.373 e. The van der Waals surface area contributed by atoms with Crippen LogP contribution in [0.1, 0.15) is 32.6 Å². The van der Waals surface area contributed by atoms with Gasteiger partial charge in [-0.15, -0.1) is 0 Å². The third-order valence-electron chi connectivity index (χ3n) is 3.54. The van der Waals surface area contributed by atoms with Crippen LogP contribution in [0.25, 0.3) is 0 Å². The predicted octanol–water partition coefficient (Wildman–Crippen LogP) is 0.620. The fraction of sp³-hybridized carbons (Fsp3) is 1.00. The lowest BCUT2D eigenvalue weighted by atomic mass is 9.70. The summed E-state index contributed by atoms with van der Waals surface area (Å²) in [6, 6.07) is 0.285. The molecule has 1 aliphatic carbocycles. The zero-order chi connectivity index (χ0) is 9.47. The Morgan fingerprint density at radius 1 is 1.54 bits per heavy atom. The molecule has 1 heterocycles. The third-order valence-corrected chi connectivity index (χ3v) is 3.54. The third kappa shape index (κ3) is 2.03. The highest BCUT2D eigenvalue weighted by Crippen LogP contribution is 2.36. The van der Waals surface area contributed by atoms with Gasteiger partial charge in [0.1, 0.15) is 0 Å². The second kappa shape index (κ2) is 3.23. The van der Waals surface area contributed by atoms with Crippen LogP contribution in [0.2, 0.25) is 0 Å². The van der Waals surface area contributed by atoms with E-state index in [4.69, 9.17) is 16.2 Å². The van der Waals surface area contributed by atoms with Gasteiger partial charge in [0.2, 0.25) is 0 Å². The van der Waals surface area contributed by atoms with Crippen LogP contribution in [0.15, 0.2) is 0 Å². The Bertz CT molecular complexity index is 189. The van der Waals surface area contributed by atoms with Crippen LogP contribution in [0.5, 0.6) is 0 Å². The molecule has 3 heteroatoms. The molecule has 0 aromatic heterocycles. The molecule has 3 nitrogen and oxygen atoms in total. The van der Waals surface area contributed by atoms with E-state index in [9.17, 15) is 0 Å². The van der Waals surface area contributed by atoms with Crippen molar-refractivity contribution < 1.29 is 4.74 Å². The van der Waals surface area contributed by atoms with Gasteiger partial charge in [0.05, 0.1) is 12.7 Å². The molecule has 0 amide bonds. The lowest BCUT2D eigenvalue weighted by molar-refractivity contribution is 0.157. The number of nitrogens with two attached hydrogens (primary N) is 2. The van der Waals surface area contributed by atoms with E-state index < -0.39 is 0 Å². The summed E-state index contributed by atoms with van der Waals surface area (Å²) < 4.78 is 5.24. The van der Waals surface area contributed by atoms with Crippen molar-refractivity contribution in [2.75, 3.05) is 6.61 Å². The van der Waals surface area contributed by atoms with E-state index >= 15 is 0 Å². The van der Waals surface area contributed by atoms with Gasteiger partial charge >= 0.3 is 0 Å². The second-order valence-corrected chi connectivity index (χ2v) is 4.86. The van der Waals surface area contributed by atoms with E-state index in [0.29, 0.717) is 12.0 Å². The molecule has 0 spiro atoms. The number of hydrogen-bond donors (Lipinski definition) is 2. The average Bonchev–Trinajstić information content (AvgIpc) is 2.80. The minimum atomic E-state index is -0.0659.